The lowest BCUT2D eigenvalue weighted by Crippen LogP contribution is -2.43. The van der Waals surface area contributed by atoms with Crippen molar-refractivity contribution in [2.45, 2.75) is 26.2 Å². The van der Waals surface area contributed by atoms with Crippen LogP contribution >= 0.6 is 0 Å². The minimum Gasteiger partial charge on any atom is -0.399 e. The van der Waals surface area contributed by atoms with Crippen LogP contribution in [-0.2, 0) is 13.1 Å². The van der Waals surface area contributed by atoms with Crippen molar-refractivity contribution < 1.29 is 13.2 Å². The molecular formula is C18H27F3N6. The molecule has 0 bridgehead atoms. The molecule has 1 aliphatic heterocycles. The third-order valence-corrected chi connectivity index (χ3v) is 4.31. The molecule has 2 heterocycles. The van der Waals surface area contributed by atoms with Crippen LogP contribution in [0.1, 0.15) is 11.3 Å². The molecule has 0 unspecified atom stereocenters. The minimum absolute atomic E-state index is 0.277. The van der Waals surface area contributed by atoms with Gasteiger partial charge in [0.15, 0.2) is 0 Å². The summed E-state index contributed by atoms with van der Waals surface area (Å²) in [7, 11) is 2.18. The van der Waals surface area contributed by atoms with Crippen molar-refractivity contribution in [3.05, 3.63) is 41.7 Å². The zero-order chi connectivity index (χ0) is 20.0. The van der Waals surface area contributed by atoms with Gasteiger partial charge in [0, 0.05) is 44.6 Å². The Hall–Kier alpha value is -2.26. The molecule has 150 valence electrons. The number of anilines is 2. The van der Waals surface area contributed by atoms with E-state index in [0.29, 0.717) is 5.69 Å². The van der Waals surface area contributed by atoms with Crippen LogP contribution in [0.3, 0.4) is 0 Å². The second-order valence-electron chi connectivity index (χ2n) is 6.80. The predicted octanol–water partition coefficient (Wildman–Crippen LogP) is 2.35. The number of piperazine rings is 1. The molecule has 0 atom stereocenters. The SMILES string of the molecule is CN1CCN(Cc2ccc(N)cc2)CC1.Cc1nn(CC(F)(F)F)cc1N. The highest BCUT2D eigenvalue weighted by Gasteiger charge is 2.28. The molecule has 9 heteroatoms. The molecule has 1 fully saturated rings. The zero-order valence-electron chi connectivity index (χ0n) is 15.7. The summed E-state index contributed by atoms with van der Waals surface area (Å²) in [5, 5.41) is 3.57. The van der Waals surface area contributed by atoms with Gasteiger partial charge in [-0.1, -0.05) is 12.1 Å². The average molecular weight is 384 g/mol. The topological polar surface area (TPSA) is 76.3 Å². The van der Waals surface area contributed by atoms with Crippen LogP contribution < -0.4 is 11.5 Å². The van der Waals surface area contributed by atoms with E-state index in [1.165, 1.54) is 37.9 Å². The molecule has 6 nitrogen and oxygen atoms in total. The van der Waals surface area contributed by atoms with E-state index in [1.54, 1.807) is 6.92 Å². The van der Waals surface area contributed by atoms with Crippen LogP contribution in [0.5, 0.6) is 0 Å². The van der Waals surface area contributed by atoms with Crippen LogP contribution in [-0.4, -0.2) is 59.0 Å². The third kappa shape index (κ3) is 7.48. The lowest BCUT2D eigenvalue weighted by molar-refractivity contribution is -0.142. The smallest absolute Gasteiger partial charge is 0.399 e. The molecule has 0 aliphatic carbocycles. The molecule has 1 aliphatic rings. The van der Waals surface area contributed by atoms with Gasteiger partial charge in [-0.3, -0.25) is 9.58 Å². The summed E-state index contributed by atoms with van der Waals surface area (Å²) >= 11 is 0. The van der Waals surface area contributed by atoms with Gasteiger partial charge in [0.2, 0.25) is 0 Å². The summed E-state index contributed by atoms with van der Waals surface area (Å²) in [6.45, 7) is 6.20. The predicted molar refractivity (Wildman–Crippen MR) is 101 cm³/mol. The molecule has 0 amide bonds. The molecule has 1 aromatic carbocycles. The number of nitrogens with two attached hydrogens (primary N) is 2. The van der Waals surface area contributed by atoms with Crippen molar-refractivity contribution in [2.24, 2.45) is 0 Å². The zero-order valence-corrected chi connectivity index (χ0v) is 15.7. The number of aromatic nitrogens is 2. The molecule has 0 spiro atoms. The Kier molecular flexibility index (Phi) is 7.09. The average Bonchev–Trinajstić information content (AvgIpc) is 2.88. The Morgan fingerprint density at radius 1 is 1.04 bits per heavy atom. The van der Waals surface area contributed by atoms with Crippen LogP contribution in [0, 0.1) is 6.92 Å². The number of aryl methyl sites for hydroxylation is 1. The van der Waals surface area contributed by atoms with Crippen molar-refractivity contribution in [2.75, 3.05) is 44.7 Å². The number of nitrogens with zero attached hydrogens (tertiary/aromatic N) is 4. The number of likely N-dealkylation sites (N-methyl/N-ethyl adjacent to an activating group) is 1. The van der Waals surface area contributed by atoms with Gasteiger partial charge in [0.25, 0.3) is 0 Å². The number of hydrogen-bond donors (Lipinski definition) is 2. The highest BCUT2D eigenvalue weighted by molar-refractivity contribution is 5.39. The van der Waals surface area contributed by atoms with Crippen molar-refractivity contribution in [3.8, 4) is 0 Å². The van der Waals surface area contributed by atoms with Gasteiger partial charge < -0.3 is 16.4 Å². The van der Waals surface area contributed by atoms with Gasteiger partial charge in [-0.2, -0.15) is 18.3 Å². The summed E-state index contributed by atoms with van der Waals surface area (Å²) in [6.07, 6.45) is -3.08. The Bertz CT molecular complexity index is 683. The van der Waals surface area contributed by atoms with Gasteiger partial charge in [0.05, 0.1) is 11.4 Å². The van der Waals surface area contributed by atoms with Crippen molar-refractivity contribution in [3.63, 3.8) is 0 Å². The molecule has 0 saturated carbocycles. The summed E-state index contributed by atoms with van der Waals surface area (Å²) in [5.41, 5.74) is 13.9. The second-order valence-corrected chi connectivity index (χ2v) is 6.80. The van der Waals surface area contributed by atoms with E-state index in [9.17, 15) is 13.2 Å². The third-order valence-electron chi connectivity index (χ3n) is 4.31. The maximum atomic E-state index is 11.8. The van der Waals surface area contributed by atoms with Crippen LogP contribution in [0.15, 0.2) is 30.5 Å². The molecule has 1 aromatic heterocycles. The fourth-order valence-electron chi connectivity index (χ4n) is 2.69. The molecule has 0 radical (unpaired) electrons. The summed E-state index contributed by atoms with van der Waals surface area (Å²) in [5.74, 6) is 0. The first-order valence-electron chi connectivity index (χ1n) is 8.74. The number of benzene rings is 1. The fraction of sp³-hybridized carbons (Fsp3) is 0.500. The Labute approximate surface area is 157 Å². The van der Waals surface area contributed by atoms with E-state index >= 15 is 0 Å². The molecule has 27 heavy (non-hydrogen) atoms. The highest BCUT2D eigenvalue weighted by Crippen LogP contribution is 2.18. The molecule has 2 aromatic rings. The first-order valence-corrected chi connectivity index (χ1v) is 8.74. The van der Waals surface area contributed by atoms with E-state index in [-0.39, 0.29) is 5.69 Å². The van der Waals surface area contributed by atoms with E-state index in [1.807, 2.05) is 12.1 Å². The molecule has 3 rings (SSSR count). The number of nitrogen functional groups attached to an aromatic ring is 2. The quantitative estimate of drug-likeness (QED) is 0.795. The van der Waals surface area contributed by atoms with E-state index < -0.39 is 12.7 Å². The number of alkyl halides is 3. The lowest BCUT2D eigenvalue weighted by atomic mass is 10.2. The monoisotopic (exact) mass is 384 g/mol. The van der Waals surface area contributed by atoms with Gasteiger partial charge in [-0.25, -0.2) is 0 Å². The second kappa shape index (κ2) is 9.09. The van der Waals surface area contributed by atoms with E-state index in [0.717, 1.165) is 16.9 Å². The molecular weight excluding hydrogens is 357 g/mol. The standard InChI is InChI=1S/C12H19N3.C6H8F3N3/c1-14-6-8-15(9-7-14)10-11-2-4-12(13)5-3-11;1-4-5(10)2-12(11-4)3-6(7,8)9/h2-5H,6-10,13H2,1H3;2H,3,10H2,1H3. The van der Waals surface area contributed by atoms with Crippen molar-refractivity contribution >= 4 is 11.4 Å². The minimum atomic E-state index is -4.25. The van der Waals surface area contributed by atoms with Gasteiger partial charge in [-0.05, 0) is 31.7 Å². The summed E-state index contributed by atoms with van der Waals surface area (Å²) < 4.78 is 36.1. The largest absolute Gasteiger partial charge is 0.408 e. The molecule has 1 saturated heterocycles. The first kappa shape index (κ1) is 21.0. The van der Waals surface area contributed by atoms with Crippen LogP contribution in [0.2, 0.25) is 0 Å². The fourth-order valence-corrected chi connectivity index (χ4v) is 2.69. The normalized spacial score (nSPS) is 16.0. The maximum absolute atomic E-state index is 11.8. The number of hydrogen-bond acceptors (Lipinski definition) is 5. The van der Waals surface area contributed by atoms with Gasteiger partial charge in [-0.15, -0.1) is 0 Å². The Morgan fingerprint density at radius 3 is 2.11 bits per heavy atom. The number of halogens is 3. The maximum Gasteiger partial charge on any atom is 0.408 e. The molecule has 4 N–H and O–H groups in total. The number of rotatable bonds is 3. The highest BCUT2D eigenvalue weighted by atomic mass is 19.4. The van der Waals surface area contributed by atoms with Gasteiger partial charge in [0.1, 0.15) is 6.54 Å². The summed E-state index contributed by atoms with van der Waals surface area (Å²) in [4.78, 5) is 4.87. The van der Waals surface area contributed by atoms with Gasteiger partial charge >= 0.3 is 6.18 Å². The van der Waals surface area contributed by atoms with E-state index in [4.69, 9.17) is 11.5 Å². The Morgan fingerprint density at radius 2 is 1.63 bits per heavy atom. The van der Waals surface area contributed by atoms with Crippen molar-refractivity contribution in [1.82, 2.24) is 19.6 Å². The lowest BCUT2D eigenvalue weighted by Gasteiger charge is -2.32. The Balaban J connectivity index is 0.000000199. The summed E-state index contributed by atoms with van der Waals surface area (Å²) in [6, 6.07) is 8.19. The first-order chi connectivity index (χ1) is 12.6. The van der Waals surface area contributed by atoms with E-state index in [2.05, 4.69) is 34.1 Å². The van der Waals surface area contributed by atoms with Crippen molar-refractivity contribution in [1.29, 1.82) is 0 Å². The van der Waals surface area contributed by atoms with Crippen LogP contribution in [0.25, 0.3) is 0 Å². The van der Waals surface area contributed by atoms with Crippen LogP contribution in [0.4, 0.5) is 24.5 Å².